The number of benzene rings is 3. The number of carbonyl (C=O) groups is 2. The van der Waals surface area contributed by atoms with Gasteiger partial charge in [0.1, 0.15) is 11.5 Å². The molecule has 0 saturated heterocycles. The average Bonchev–Trinajstić information content (AvgIpc) is 3.03. The zero-order valence-electron chi connectivity index (χ0n) is 18.2. The van der Waals surface area contributed by atoms with Crippen LogP contribution < -0.4 is 10.2 Å². The molecule has 1 aliphatic heterocycles. The highest BCUT2D eigenvalue weighted by Gasteiger charge is 2.40. The third kappa shape index (κ3) is 4.33. The number of unbranched alkanes of at least 4 members (excludes halogenated alkanes) is 1. The zero-order chi connectivity index (χ0) is 22.7. The van der Waals surface area contributed by atoms with E-state index in [1.807, 2.05) is 43.3 Å². The number of amides is 2. The van der Waals surface area contributed by atoms with Crippen LogP contribution in [0.1, 0.15) is 36.5 Å². The monoisotopic (exact) mass is 428 g/mol. The van der Waals surface area contributed by atoms with E-state index in [1.54, 1.807) is 24.3 Å². The fourth-order valence-corrected chi connectivity index (χ4v) is 3.77. The van der Waals surface area contributed by atoms with Gasteiger partial charge in [-0.1, -0.05) is 61.4 Å². The Kier molecular flexibility index (Phi) is 6.17. The first-order valence-electron chi connectivity index (χ1n) is 10.8. The molecule has 162 valence electrons. The molecule has 2 amide bonds. The lowest BCUT2D eigenvalue weighted by molar-refractivity contribution is -0.120. The van der Waals surface area contributed by atoms with Crippen LogP contribution in [0.3, 0.4) is 0 Å². The van der Waals surface area contributed by atoms with Gasteiger partial charge < -0.3 is 5.32 Å². The van der Waals surface area contributed by atoms with Gasteiger partial charge in [-0.2, -0.15) is 0 Å². The van der Waals surface area contributed by atoms with Crippen molar-refractivity contribution in [2.24, 2.45) is 0 Å². The van der Waals surface area contributed by atoms with E-state index < -0.39 is 17.6 Å². The normalized spacial score (nSPS) is 13.8. The van der Waals surface area contributed by atoms with Gasteiger partial charge in [0.2, 0.25) is 0 Å². The third-order valence-corrected chi connectivity index (χ3v) is 5.53. The number of hydrogen-bond acceptors (Lipinski definition) is 3. The van der Waals surface area contributed by atoms with Crippen LogP contribution >= 0.6 is 0 Å². The summed E-state index contributed by atoms with van der Waals surface area (Å²) in [6.45, 7) is 4.10. The lowest BCUT2D eigenvalue weighted by Crippen LogP contribution is -2.32. The van der Waals surface area contributed by atoms with Crippen molar-refractivity contribution in [1.29, 1.82) is 0 Å². The minimum Gasteiger partial charge on any atom is -0.350 e. The first kappa shape index (κ1) is 21.5. The standard InChI is InChI=1S/C27H25FN2O2/c1-3-4-6-19-11-15-23(16-12-19)30-26(31)24(20-13-9-18(2)10-14-20)25(27(30)32)29-22-8-5-7-21(28)17-22/h5,7-17,29H,3-4,6H2,1-2H3. The molecule has 32 heavy (non-hydrogen) atoms. The summed E-state index contributed by atoms with van der Waals surface area (Å²) in [7, 11) is 0. The molecular formula is C27H25FN2O2. The third-order valence-electron chi connectivity index (χ3n) is 5.53. The summed E-state index contributed by atoms with van der Waals surface area (Å²) in [5.74, 6) is -1.29. The van der Waals surface area contributed by atoms with Gasteiger partial charge in [0.15, 0.2) is 0 Å². The molecule has 0 spiro atoms. The number of anilines is 2. The second kappa shape index (κ2) is 9.18. The fraction of sp³-hybridized carbons (Fsp3) is 0.185. The molecule has 4 rings (SSSR count). The van der Waals surface area contributed by atoms with Crippen LogP contribution in [0, 0.1) is 12.7 Å². The van der Waals surface area contributed by atoms with Crippen LogP contribution in [-0.2, 0) is 16.0 Å². The van der Waals surface area contributed by atoms with E-state index in [1.165, 1.54) is 22.6 Å². The van der Waals surface area contributed by atoms with E-state index in [0.29, 0.717) is 16.9 Å². The molecule has 4 nitrogen and oxygen atoms in total. The van der Waals surface area contributed by atoms with Gasteiger partial charge in [-0.25, -0.2) is 9.29 Å². The maximum atomic E-state index is 13.7. The van der Waals surface area contributed by atoms with Crippen molar-refractivity contribution in [3.63, 3.8) is 0 Å². The van der Waals surface area contributed by atoms with Gasteiger partial charge >= 0.3 is 0 Å². The van der Waals surface area contributed by atoms with Gasteiger partial charge in [-0.05, 0) is 61.2 Å². The molecule has 1 heterocycles. The minimum atomic E-state index is -0.462. The predicted octanol–water partition coefficient (Wildman–Crippen LogP) is 5.87. The smallest absolute Gasteiger partial charge is 0.282 e. The Hall–Kier alpha value is -3.73. The molecule has 0 radical (unpaired) electrons. The van der Waals surface area contributed by atoms with E-state index in [9.17, 15) is 14.0 Å². The quantitative estimate of drug-likeness (QED) is 0.479. The summed E-state index contributed by atoms with van der Waals surface area (Å²) in [6, 6.07) is 20.8. The highest BCUT2D eigenvalue weighted by molar-refractivity contribution is 6.46. The zero-order valence-corrected chi connectivity index (χ0v) is 18.2. The van der Waals surface area contributed by atoms with Crippen LogP contribution in [0.15, 0.2) is 78.5 Å². The first-order valence-corrected chi connectivity index (χ1v) is 10.8. The molecule has 0 atom stereocenters. The van der Waals surface area contributed by atoms with Crippen molar-refractivity contribution in [3.8, 4) is 0 Å². The van der Waals surface area contributed by atoms with Crippen LogP contribution in [0.4, 0.5) is 15.8 Å². The van der Waals surface area contributed by atoms with Crippen molar-refractivity contribution in [1.82, 2.24) is 0 Å². The minimum absolute atomic E-state index is 0.138. The number of carbonyl (C=O) groups excluding carboxylic acids is 2. The summed E-state index contributed by atoms with van der Waals surface area (Å²) >= 11 is 0. The molecule has 0 aliphatic carbocycles. The van der Waals surface area contributed by atoms with Gasteiger partial charge in [0.05, 0.1) is 11.3 Å². The fourth-order valence-electron chi connectivity index (χ4n) is 3.77. The lowest BCUT2D eigenvalue weighted by atomic mass is 10.0. The molecule has 0 fully saturated rings. The number of nitrogens with one attached hydrogen (secondary N) is 1. The average molecular weight is 429 g/mol. The second-order valence-corrected chi connectivity index (χ2v) is 7.97. The van der Waals surface area contributed by atoms with Gasteiger partial charge in [-0.15, -0.1) is 0 Å². The van der Waals surface area contributed by atoms with Crippen LogP contribution in [0.25, 0.3) is 5.57 Å². The summed E-state index contributed by atoms with van der Waals surface area (Å²) in [6.07, 6.45) is 3.14. The molecule has 0 unspecified atom stereocenters. The lowest BCUT2D eigenvalue weighted by Gasteiger charge is -2.16. The van der Waals surface area contributed by atoms with Crippen LogP contribution in [0.5, 0.6) is 0 Å². The van der Waals surface area contributed by atoms with Crippen molar-refractivity contribution in [3.05, 3.63) is 101 Å². The number of halogens is 1. The number of aryl methyl sites for hydroxylation is 2. The van der Waals surface area contributed by atoms with Crippen LogP contribution in [0.2, 0.25) is 0 Å². The Bertz CT molecular complexity index is 1180. The Morgan fingerprint density at radius 2 is 1.62 bits per heavy atom. The van der Waals surface area contributed by atoms with Gasteiger partial charge in [-0.3, -0.25) is 9.59 Å². The summed E-state index contributed by atoms with van der Waals surface area (Å²) in [5.41, 5.74) is 4.18. The largest absolute Gasteiger partial charge is 0.350 e. The molecule has 0 bridgehead atoms. The number of hydrogen-bond donors (Lipinski definition) is 1. The van der Waals surface area contributed by atoms with Crippen molar-refractivity contribution >= 4 is 28.8 Å². The summed E-state index contributed by atoms with van der Waals surface area (Å²) in [5, 5.41) is 2.99. The molecule has 1 aliphatic rings. The Morgan fingerprint density at radius 3 is 2.28 bits per heavy atom. The van der Waals surface area contributed by atoms with Crippen molar-refractivity contribution in [2.75, 3.05) is 10.2 Å². The van der Waals surface area contributed by atoms with Gasteiger partial charge in [0.25, 0.3) is 11.8 Å². The molecule has 0 aromatic heterocycles. The summed E-state index contributed by atoms with van der Waals surface area (Å²) in [4.78, 5) is 28.0. The van der Waals surface area contributed by atoms with E-state index in [2.05, 4.69) is 12.2 Å². The molecular weight excluding hydrogens is 403 g/mol. The molecule has 3 aromatic carbocycles. The van der Waals surface area contributed by atoms with Crippen molar-refractivity contribution in [2.45, 2.75) is 33.1 Å². The van der Waals surface area contributed by atoms with E-state index >= 15 is 0 Å². The van der Waals surface area contributed by atoms with Gasteiger partial charge in [0, 0.05) is 5.69 Å². The SMILES string of the molecule is CCCCc1ccc(N2C(=O)C(Nc3cccc(F)c3)=C(c3ccc(C)cc3)C2=O)cc1. The predicted molar refractivity (Wildman–Crippen MR) is 126 cm³/mol. The molecule has 0 saturated carbocycles. The topological polar surface area (TPSA) is 49.4 Å². The van der Waals surface area contributed by atoms with Crippen LogP contribution in [-0.4, -0.2) is 11.8 Å². The summed E-state index contributed by atoms with van der Waals surface area (Å²) < 4.78 is 13.7. The number of nitrogens with zero attached hydrogens (tertiary/aromatic N) is 1. The molecule has 3 aromatic rings. The second-order valence-electron chi connectivity index (χ2n) is 7.97. The first-order chi connectivity index (χ1) is 15.5. The maximum Gasteiger partial charge on any atom is 0.282 e. The molecule has 1 N–H and O–H groups in total. The highest BCUT2D eigenvalue weighted by Crippen LogP contribution is 2.34. The number of rotatable bonds is 7. The molecule has 5 heteroatoms. The van der Waals surface area contributed by atoms with E-state index in [0.717, 1.165) is 24.8 Å². The Morgan fingerprint density at radius 1 is 0.906 bits per heavy atom. The van der Waals surface area contributed by atoms with E-state index in [4.69, 9.17) is 0 Å². The van der Waals surface area contributed by atoms with Crippen molar-refractivity contribution < 1.29 is 14.0 Å². The maximum absolute atomic E-state index is 13.7. The number of imide groups is 1. The Balaban J connectivity index is 1.73. The Labute approximate surface area is 187 Å². The van der Waals surface area contributed by atoms with E-state index in [-0.39, 0.29) is 11.3 Å². The highest BCUT2D eigenvalue weighted by atomic mass is 19.1.